The molecule has 152 valence electrons. The molecule has 0 radical (unpaired) electrons. The van der Waals surface area contributed by atoms with Crippen LogP contribution in [0.1, 0.15) is 23.7 Å². The number of hydrogen-bond donors (Lipinski definition) is 1. The van der Waals surface area contributed by atoms with Gasteiger partial charge in [-0.05, 0) is 48.5 Å². The number of carbonyl (C=O) groups excluding carboxylic acids is 1. The first kappa shape index (κ1) is 20.9. The molecule has 0 fully saturated rings. The highest BCUT2D eigenvalue weighted by molar-refractivity contribution is 7.99. The molecule has 0 amide bonds. The number of nitrogens with zero attached hydrogens (tertiary/aromatic N) is 2. The third-order valence-electron chi connectivity index (χ3n) is 4.08. The Hall–Kier alpha value is -2.84. The van der Waals surface area contributed by atoms with Crippen molar-refractivity contribution in [3.05, 3.63) is 54.1 Å². The van der Waals surface area contributed by atoms with E-state index in [9.17, 15) is 9.90 Å². The zero-order valence-electron chi connectivity index (χ0n) is 16.2. The van der Waals surface area contributed by atoms with Gasteiger partial charge in [-0.3, -0.25) is 4.79 Å². The summed E-state index contributed by atoms with van der Waals surface area (Å²) in [5, 5.41) is 18.5. The van der Waals surface area contributed by atoms with E-state index in [0.717, 1.165) is 11.3 Å². The summed E-state index contributed by atoms with van der Waals surface area (Å²) in [5.41, 5.74) is 1.44. The van der Waals surface area contributed by atoms with Gasteiger partial charge >= 0.3 is 0 Å². The van der Waals surface area contributed by atoms with Crippen molar-refractivity contribution in [3.63, 3.8) is 0 Å². The summed E-state index contributed by atoms with van der Waals surface area (Å²) < 4.78 is 16.3. The number of carbonyl (C=O) groups is 1. The first-order valence-electron chi connectivity index (χ1n) is 9.14. The molecule has 1 N–H and O–H groups in total. The lowest BCUT2D eigenvalue weighted by molar-refractivity contribution is 0.0987. The average Bonchev–Trinajstić information content (AvgIpc) is 3.25. The number of ether oxygens (including phenoxy) is 2. The van der Waals surface area contributed by atoms with Gasteiger partial charge in [-0.2, -0.15) is 0 Å². The van der Waals surface area contributed by atoms with Crippen LogP contribution in [0.15, 0.2) is 58.2 Å². The quantitative estimate of drug-likeness (QED) is 0.395. The van der Waals surface area contributed by atoms with Gasteiger partial charge in [-0.15, -0.1) is 10.2 Å². The van der Waals surface area contributed by atoms with Crippen molar-refractivity contribution in [2.45, 2.75) is 24.7 Å². The van der Waals surface area contributed by atoms with E-state index in [0.29, 0.717) is 34.6 Å². The Kier molecular flexibility index (Phi) is 7.26. The molecule has 0 aliphatic carbocycles. The second-order valence-electron chi connectivity index (χ2n) is 6.18. The Bertz CT molecular complexity index is 925. The molecule has 0 unspecified atom stereocenters. The fourth-order valence-electron chi connectivity index (χ4n) is 2.47. The molecule has 0 aliphatic rings. The van der Waals surface area contributed by atoms with Crippen molar-refractivity contribution >= 4 is 17.5 Å². The van der Waals surface area contributed by atoms with Crippen LogP contribution in [0.25, 0.3) is 11.5 Å². The SMILES string of the molecule is CCC(=O)c1ccc(OC[C@@H](O)CSc2nnc(-c3ccc(OC)cc3)o2)cc1. The van der Waals surface area contributed by atoms with Gasteiger partial charge in [-0.1, -0.05) is 18.7 Å². The van der Waals surface area contributed by atoms with Gasteiger partial charge in [-0.25, -0.2) is 0 Å². The molecule has 2 aromatic carbocycles. The first-order valence-corrected chi connectivity index (χ1v) is 10.1. The van der Waals surface area contributed by atoms with E-state index in [1.54, 1.807) is 31.4 Å². The van der Waals surface area contributed by atoms with Crippen LogP contribution < -0.4 is 9.47 Å². The van der Waals surface area contributed by atoms with E-state index < -0.39 is 6.10 Å². The van der Waals surface area contributed by atoms with Crippen LogP contribution in [0, 0.1) is 0 Å². The summed E-state index contributed by atoms with van der Waals surface area (Å²) >= 11 is 1.26. The minimum atomic E-state index is -0.715. The molecule has 0 spiro atoms. The molecule has 0 bridgehead atoms. The molecule has 0 aliphatic heterocycles. The second kappa shape index (κ2) is 10.1. The van der Waals surface area contributed by atoms with Crippen molar-refractivity contribution in [1.82, 2.24) is 10.2 Å². The Balaban J connectivity index is 1.46. The number of aromatic nitrogens is 2. The Labute approximate surface area is 173 Å². The molecule has 3 aromatic rings. The number of ketones is 1. The molecule has 0 saturated carbocycles. The first-order chi connectivity index (χ1) is 14.1. The number of hydrogen-bond acceptors (Lipinski definition) is 8. The van der Waals surface area contributed by atoms with Crippen LogP contribution >= 0.6 is 11.8 Å². The molecule has 0 saturated heterocycles. The largest absolute Gasteiger partial charge is 0.497 e. The van der Waals surface area contributed by atoms with Crippen molar-refractivity contribution in [2.24, 2.45) is 0 Å². The summed E-state index contributed by atoms with van der Waals surface area (Å²) in [7, 11) is 1.61. The lowest BCUT2D eigenvalue weighted by Gasteiger charge is -2.11. The summed E-state index contributed by atoms with van der Waals surface area (Å²) in [4.78, 5) is 11.6. The molecule has 1 atom stereocenters. The summed E-state index contributed by atoms with van der Waals surface area (Å²) in [6.45, 7) is 1.94. The standard InChI is InChI=1S/C21H22N2O5S/c1-3-19(25)14-4-10-18(11-5-14)27-12-16(24)13-29-21-23-22-20(28-21)15-6-8-17(26-2)9-7-15/h4-11,16,24H,3,12-13H2,1-2H3/t16-/m1/s1. The zero-order valence-corrected chi connectivity index (χ0v) is 17.0. The van der Waals surface area contributed by atoms with Crippen LogP contribution in [0.5, 0.6) is 11.5 Å². The van der Waals surface area contributed by atoms with Gasteiger partial charge in [0, 0.05) is 23.3 Å². The van der Waals surface area contributed by atoms with Crippen molar-refractivity contribution in [2.75, 3.05) is 19.5 Å². The minimum absolute atomic E-state index is 0.0848. The normalized spacial score (nSPS) is 11.8. The molecule has 29 heavy (non-hydrogen) atoms. The smallest absolute Gasteiger partial charge is 0.276 e. The number of thioether (sulfide) groups is 1. The van der Waals surface area contributed by atoms with E-state index in [2.05, 4.69) is 10.2 Å². The van der Waals surface area contributed by atoms with Gasteiger partial charge in [0.25, 0.3) is 5.22 Å². The topological polar surface area (TPSA) is 94.7 Å². The second-order valence-corrected chi connectivity index (χ2v) is 7.15. The van der Waals surface area contributed by atoms with E-state index in [-0.39, 0.29) is 12.4 Å². The van der Waals surface area contributed by atoms with Gasteiger partial charge in [0.1, 0.15) is 18.1 Å². The number of rotatable bonds is 10. The predicted octanol–water partition coefficient (Wildman–Crippen LogP) is 3.87. The van der Waals surface area contributed by atoms with Crippen LogP contribution in [0.2, 0.25) is 0 Å². The highest BCUT2D eigenvalue weighted by atomic mass is 32.2. The number of methoxy groups -OCH3 is 1. The molecule has 1 heterocycles. The van der Waals surface area contributed by atoms with Gasteiger partial charge < -0.3 is 19.0 Å². The average molecular weight is 414 g/mol. The van der Waals surface area contributed by atoms with Gasteiger partial charge in [0.05, 0.1) is 13.2 Å². The van der Waals surface area contributed by atoms with Crippen LogP contribution in [-0.2, 0) is 0 Å². The minimum Gasteiger partial charge on any atom is -0.497 e. The van der Waals surface area contributed by atoms with Gasteiger partial charge in [0.15, 0.2) is 5.78 Å². The Morgan fingerprint density at radius 1 is 1.10 bits per heavy atom. The number of benzene rings is 2. The van der Waals surface area contributed by atoms with Crippen LogP contribution in [0.4, 0.5) is 0 Å². The number of aliphatic hydroxyl groups excluding tert-OH is 1. The summed E-state index contributed by atoms with van der Waals surface area (Å²) in [6, 6.07) is 14.2. The predicted molar refractivity (Wildman–Crippen MR) is 110 cm³/mol. The third-order valence-corrected chi connectivity index (χ3v) is 5.05. The Morgan fingerprint density at radius 3 is 2.45 bits per heavy atom. The molecule has 8 heteroatoms. The lowest BCUT2D eigenvalue weighted by Crippen LogP contribution is -2.20. The molecular formula is C21H22N2O5S. The summed E-state index contributed by atoms with van der Waals surface area (Å²) in [6.07, 6.45) is -0.250. The van der Waals surface area contributed by atoms with Gasteiger partial charge in [0.2, 0.25) is 5.89 Å². The molecule has 1 aromatic heterocycles. The molecular weight excluding hydrogens is 392 g/mol. The monoisotopic (exact) mass is 414 g/mol. The maximum absolute atomic E-state index is 11.6. The zero-order chi connectivity index (χ0) is 20.6. The highest BCUT2D eigenvalue weighted by Gasteiger charge is 2.13. The van der Waals surface area contributed by atoms with E-state index in [1.807, 2.05) is 31.2 Å². The fourth-order valence-corrected chi connectivity index (χ4v) is 3.14. The van der Waals surface area contributed by atoms with Crippen LogP contribution in [0.3, 0.4) is 0 Å². The summed E-state index contributed by atoms with van der Waals surface area (Å²) in [5.74, 6) is 2.18. The Morgan fingerprint density at radius 2 is 1.79 bits per heavy atom. The number of Topliss-reactive ketones (excluding diaryl/α,β-unsaturated/α-hetero) is 1. The lowest BCUT2D eigenvalue weighted by atomic mass is 10.1. The highest BCUT2D eigenvalue weighted by Crippen LogP contribution is 2.25. The van der Waals surface area contributed by atoms with E-state index in [1.165, 1.54) is 11.8 Å². The maximum atomic E-state index is 11.6. The van der Waals surface area contributed by atoms with Crippen LogP contribution in [-0.4, -0.2) is 46.7 Å². The maximum Gasteiger partial charge on any atom is 0.276 e. The van der Waals surface area contributed by atoms with E-state index >= 15 is 0 Å². The third kappa shape index (κ3) is 5.82. The van der Waals surface area contributed by atoms with Crippen molar-refractivity contribution in [1.29, 1.82) is 0 Å². The van der Waals surface area contributed by atoms with Crippen molar-refractivity contribution < 1.29 is 23.8 Å². The van der Waals surface area contributed by atoms with E-state index in [4.69, 9.17) is 13.9 Å². The van der Waals surface area contributed by atoms with Crippen molar-refractivity contribution in [3.8, 4) is 23.0 Å². The molecule has 3 rings (SSSR count). The molecule has 7 nitrogen and oxygen atoms in total. The number of aliphatic hydroxyl groups is 1. The fraction of sp³-hybridized carbons (Fsp3) is 0.286.